The van der Waals surface area contributed by atoms with E-state index < -0.39 is 0 Å². The molecule has 0 saturated carbocycles. The van der Waals surface area contributed by atoms with Crippen molar-refractivity contribution in [2.75, 3.05) is 5.01 Å². The fraction of sp³-hybridized carbons (Fsp3) is 0.0870. The summed E-state index contributed by atoms with van der Waals surface area (Å²) in [5, 5.41) is 7.04. The zero-order valence-corrected chi connectivity index (χ0v) is 15.9. The van der Waals surface area contributed by atoms with Crippen molar-refractivity contribution in [2.45, 2.75) is 12.5 Å². The Kier molecular flexibility index (Phi) is 4.98. The van der Waals surface area contributed by atoms with Gasteiger partial charge in [0.05, 0.1) is 17.4 Å². The van der Waals surface area contributed by atoms with Crippen molar-refractivity contribution in [3.05, 3.63) is 107 Å². The Morgan fingerprint density at radius 2 is 1.58 bits per heavy atom. The number of halogens is 1. The van der Waals surface area contributed by atoms with Crippen LogP contribution in [0.25, 0.3) is 6.08 Å². The normalized spacial score (nSPS) is 16.9. The van der Waals surface area contributed by atoms with Gasteiger partial charge >= 0.3 is 0 Å². The molecule has 0 unspecified atom stereocenters. The van der Waals surface area contributed by atoms with Crippen molar-refractivity contribution in [3.8, 4) is 0 Å². The molecule has 1 aliphatic heterocycles. The number of nitrogens with zero attached hydrogens (tertiary/aromatic N) is 2. The molecule has 1 aliphatic rings. The molecular formula is C23H19BrN2. The maximum Gasteiger partial charge on any atom is 0.0831 e. The van der Waals surface area contributed by atoms with Gasteiger partial charge in [0.25, 0.3) is 0 Å². The van der Waals surface area contributed by atoms with Gasteiger partial charge in [0.2, 0.25) is 0 Å². The van der Waals surface area contributed by atoms with Crippen LogP contribution in [0, 0.1) is 0 Å². The maximum absolute atomic E-state index is 4.91. The highest BCUT2D eigenvalue weighted by Gasteiger charge is 2.28. The summed E-state index contributed by atoms with van der Waals surface area (Å²) in [4.78, 5) is 0. The Balaban J connectivity index is 1.66. The summed E-state index contributed by atoms with van der Waals surface area (Å²) < 4.78 is 1.06. The van der Waals surface area contributed by atoms with E-state index in [1.807, 2.05) is 12.1 Å². The van der Waals surface area contributed by atoms with Crippen molar-refractivity contribution < 1.29 is 0 Å². The van der Waals surface area contributed by atoms with Gasteiger partial charge in [0, 0.05) is 10.9 Å². The molecule has 0 saturated heterocycles. The van der Waals surface area contributed by atoms with Gasteiger partial charge in [-0.1, -0.05) is 88.7 Å². The van der Waals surface area contributed by atoms with Crippen LogP contribution in [0.3, 0.4) is 0 Å². The minimum atomic E-state index is 0.209. The van der Waals surface area contributed by atoms with Crippen molar-refractivity contribution >= 4 is 33.4 Å². The molecule has 1 atom stereocenters. The molecule has 128 valence electrons. The van der Waals surface area contributed by atoms with Crippen molar-refractivity contribution in [2.24, 2.45) is 5.10 Å². The molecule has 0 N–H and O–H groups in total. The number of hydrogen-bond donors (Lipinski definition) is 0. The smallest absolute Gasteiger partial charge is 0.0831 e. The van der Waals surface area contributed by atoms with Gasteiger partial charge in [-0.3, -0.25) is 5.01 Å². The summed E-state index contributed by atoms with van der Waals surface area (Å²) in [5.74, 6) is 0. The van der Waals surface area contributed by atoms with Crippen molar-refractivity contribution in [3.63, 3.8) is 0 Å². The average Bonchev–Trinajstić information content (AvgIpc) is 3.12. The average molecular weight is 403 g/mol. The van der Waals surface area contributed by atoms with Crippen LogP contribution in [0.4, 0.5) is 5.69 Å². The first-order valence-electron chi connectivity index (χ1n) is 8.70. The minimum absolute atomic E-state index is 0.209. The van der Waals surface area contributed by atoms with E-state index in [2.05, 4.69) is 106 Å². The van der Waals surface area contributed by atoms with Crippen LogP contribution in [-0.4, -0.2) is 5.71 Å². The highest BCUT2D eigenvalue weighted by atomic mass is 79.9. The van der Waals surface area contributed by atoms with Crippen LogP contribution >= 0.6 is 15.9 Å². The fourth-order valence-corrected chi connectivity index (χ4v) is 3.57. The predicted octanol–water partition coefficient (Wildman–Crippen LogP) is 6.47. The van der Waals surface area contributed by atoms with Crippen molar-refractivity contribution in [1.82, 2.24) is 0 Å². The van der Waals surface area contributed by atoms with E-state index >= 15 is 0 Å². The standard InChI is InChI=1S/C23H19BrN2/c24-20-12-7-13-22(16-20)26-23(19-10-5-2-6-11-19)17-21(25-26)15-14-18-8-3-1-4-9-18/h1-16,23H,17H2/b15-14-/t23-/m0/s1. The van der Waals surface area contributed by atoms with Crippen LogP contribution in [0.5, 0.6) is 0 Å². The number of rotatable bonds is 4. The topological polar surface area (TPSA) is 15.6 Å². The van der Waals surface area contributed by atoms with Gasteiger partial charge < -0.3 is 0 Å². The molecule has 0 aromatic heterocycles. The molecule has 3 heteroatoms. The Hall–Kier alpha value is -2.65. The van der Waals surface area contributed by atoms with E-state index in [9.17, 15) is 0 Å². The fourth-order valence-electron chi connectivity index (χ4n) is 3.18. The third-order valence-electron chi connectivity index (χ3n) is 4.46. The lowest BCUT2D eigenvalue weighted by atomic mass is 10.0. The SMILES string of the molecule is Brc1cccc(N2N=C(/C=C\c3ccccc3)C[C@H]2c2ccccc2)c1. The second-order valence-electron chi connectivity index (χ2n) is 6.29. The van der Waals surface area contributed by atoms with E-state index in [0.29, 0.717) is 0 Å². The van der Waals surface area contributed by atoms with Crippen LogP contribution in [0.2, 0.25) is 0 Å². The van der Waals surface area contributed by atoms with E-state index in [1.165, 1.54) is 11.1 Å². The van der Waals surface area contributed by atoms with E-state index in [1.54, 1.807) is 0 Å². The number of benzene rings is 3. The Bertz CT molecular complexity index is 933. The van der Waals surface area contributed by atoms with Gasteiger partial charge in [-0.25, -0.2) is 0 Å². The van der Waals surface area contributed by atoms with E-state index in [-0.39, 0.29) is 6.04 Å². The van der Waals surface area contributed by atoms with Crippen LogP contribution in [-0.2, 0) is 0 Å². The van der Waals surface area contributed by atoms with Gasteiger partial charge in [0.1, 0.15) is 0 Å². The summed E-state index contributed by atoms with van der Waals surface area (Å²) in [6.45, 7) is 0. The van der Waals surface area contributed by atoms with Gasteiger partial charge in [0.15, 0.2) is 0 Å². The quantitative estimate of drug-likeness (QED) is 0.488. The lowest BCUT2D eigenvalue weighted by molar-refractivity contribution is 0.709. The second-order valence-corrected chi connectivity index (χ2v) is 7.21. The summed E-state index contributed by atoms with van der Waals surface area (Å²) in [6.07, 6.45) is 5.15. The van der Waals surface area contributed by atoms with Crippen LogP contribution in [0.15, 0.2) is 101 Å². The Labute approximate surface area is 162 Å². The maximum atomic E-state index is 4.91. The molecular weight excluding hydrogens is 384 g/mol. The first-order valence-corrected chi connectivity index (χ1v) is 9.49. The lowest BCUT2D eigenvalue weighted by Gasteiger charge is -2.24. The summed E-state index contributed by atoms with van der Waals surface area (Å²) in [7, 11) is 0. The second kappa shape index (κ2) is 7.71. The first kappa shape index (κ1) is 16.8. The summed E-state index contributed by atoms with van der Waals surface area (Å²) >= 11 is 3.57. The zero-order valence-electron chi connectivity index (χ0n) is 14.3. The molecule has 0 radical (unpaired) electrons. The number of anilines is 1. The Morgan fingerprint density at radius 3 is 2.31 bits per heavy atom. The van der Waals surface area contributed by atoms with Crippen molar-refractivity contribution in [1.29, 1.82) is 0 Å². The number of hydrogen-bond acceptors (Lipinski definition) is 2. The van der Waals surface area contributed by atoms with Crippen LogP contribution < -0.4 is 5.01 Å². The van der Waals surface area contributed by atoms with E-state index in [0.717, 1.165) is 22.3 Å². The first-order chi connectivity index (χ1) is 12.8. The molecule has 0 bridgehead atoms. The van der Waals surface area contributed by atoms with Gasteiger partial charge in [-0.2, -0.15) is 5.10 Å². The van der Waals surface area contributed by atoms with E-state index in [4.69, 9.17) is 5.10 Å². The molecule has 1 heterocycles. The molecule has 3 aromatic rings. The van der Waals surface area contributed by atoms with Gasteiger partial charge in [-0.05, 0) is 35.4 Å². The molecule has 0 aliphatic carbocycles. The Morgan fingerprint density at radius 1 is 0.846 bits per heavy atom. The number of hydrazone groups is 1. The summed E-state index contributed by atoms with van der Waals surface area (Å²) in [5.41, 5.74) is 4.64. The minimum Gasteiger partial charge on any atom is -0.257 e. The molecule has 2 nitrogen and oxygen atoms in total. The van der Waals surface area contributed by atoms with Crippen LogP contribution in [0.1, 0.15) is 23.6 Å². The largest absolute Gasteiger partial charge is 0.257 e. The van der Waals surface area contributed by atoms with Gasteiger partial charge in [-0.15, -0.1) is 0 Å². The third-order valence-corrected chi connectivity index (χ3v) is 4.95. The highest BCUT2D eigenvalue weighted by Crippen LogP contribution is 2.36. The highest BCUT2D eigenvalue weighted by molar-refractivity contribution is 9.10. The molecule has 3 aromatic carbocycles. The molecule has 26 heavy (non-hydrogen) atoms. The monoisotopic (exact) mass is 402 g/mol. The molecule has 0 fully saturated rings. The zero-order chi connectivity index (χ0) is 17.8. The molecule has 4 rings (SSSR count). The summed E-state index contributed by atoms with van der Waals surface area (Å²) in [6, 6.07) is 29.4. The third kappa shape index (κ3) is 3.78. The molecule has 0 spiro atoms. The number of allylic oxidation sites excluding steroid dienone is 1. The predicted molar refractivity (Wildman–Crippen MR) is 113 cm³/mol. The lowest BCUT2D eigenvalue weighted by Crippen LogP contribution is -2.18. The molecule has 0 amide bonds.